The number of fused-ring (bicyclic) bond motifs is 1. The minimum Gasteiger partial charge on any atom is -0.482 e. The highest BCUT2D eigenvalue weighted by atomic mass is 32.1. The predicted octanol–water partition coefficient (Wildman–Crippen LogP) is 2.84. The van der Waals surface area contributed by atoms with Gasteiger partial charge < -0.3 is 9.64 Å². The Morgan fingerprint density at radius 1 is 1.25 bits per heavy atom. The topological polar surface area (TPSA) is 49.9 Å². The summed E-state index contributed by atoms with van der Waals surface area (Å²) in [5, 5.41) is 2.04. The smallest absolute Gasteiger partial charge is 0.265 e. The second-order valence-corrected chi connectivity index (χ2v) is 6.98. The Balaban J connectivity index is 1.55. The number of carbonyl (C=O) groups is 2. The lowest BCUT2D eigenvalue weighted by Gasteiger charge is -2.31. The average Bonchev–Trinajstić information content (AvgIpc) is 3.28. The van der Waals surface area contributed by atoms with E-state index >= 15 is 0 Å². The second kappa shape index (κ2) is 6.28. The van der Waals surface area contributed by atoms with Crippen LogP contribution in [-0.2, 0) is 9.59 Å². The van der Waals surface area contributed by atoms with Crippen molar-refractivity contribution in [1.29, 1.82) is 0 Å². The second-order valence-electron chi connectivity index (χ2n) is 6.00. The molecule has 1 aromatic carbocycles. The fourth-order valence-electron chi connectivity index (χ4n) is 3.40. The molecule has 2 aliphatic heterocycles. The molecule has 124 valence electrons. The molecule has 5 nitrogen and oxygen atoms in total. The van der Waals surface area contributed by atoms with E-state index in [-0.39, 0.29) is 31.0 Å². The summed E-state index contributed by atoms with van der Waals surface area (Å²) in [6.45, 7) is 0.807. The lowest BCUT2D eigenvalue weighted by molar-refractivity contribution is -0.132. The first-order chi connectivity index (χ1) is 11.7. The number of hydrogen-bond acceptors (Lipinski definition) is 4. The molecule has 2 amide bonds. The van der Waals surface area contributed by atoms with Crippen molar-refractivity contribution in [2.24, 2.45) is 0 Å². The third-order valence-corrected chi connectivity index (χ3v) is 5.52. The lowest BCUT2D eigenvalue weighted by Crippen LogP contribution is -2.46. The summed E-state index contributed by atoms with van der Waals surface area (Å²) in [5.74, 6) is 0.478. The van der Waals surface area contributed by atoms with Crippen molar-refractivity contribution in [2.45, 2.75) is 18.9 Å². The van der Waals surface area contributed by atoms with E-state index in [2.05, 4.69) is 6.07 Å². The van der Waals surface area contributed by atoms with Crippen LogP contribution in [0.1, 0.15) is 23.8 Å². The zero-order chi connectivity index (χ0) is 16.5. The zero-order valence-corrected chi connectivity index (χ0v) is 14.0. The predicted molar refractivity (Wildman–Crippen MR) is 92.3 cm³/mol. The molecule has 2 aliphatic rings. The summed E-state index contributed by atoms with van der Waals surface area (Å²) >= 11 is 1.68. The van der Waals surface area contributed by atoms with Crippen molar-refractivity contribution in [2.75, 3.05) is 24.6 Å². The monoisotopic (exact) mass is 342 g/mol. The minimum atomic E-state index is -0.172. The van der Waals surface area contributed by atoms with Crippen molar-refractivity contribution in [3.05, 3.63) is 46.7 Å². The van der Waals surface area contributed by atoms with Crippen molar-refractivity contribution in [1.82, 2.24) is 4.90 Å². The Morgan fingerprint density at radius 3 is 2.96 bits per heavy atom. The number of carbonyl (C=O) groups excluding carboxylic acids is 2. The Labute approximate surface area is 144 Å². The van der Waals surface area contributed by atoms with E-state index in [0.717, 1.165) is 19.4 Å². The first-order valence-corrected chi connectivity index (χ1v) is 8.97. The van der Waals surface area contributed by atoms with Crippen LogP contribution in [0.3, 0.4) is 0 Å². The molecule has 1 atom stereocenters. The molecule has 4 rings (SSSR count). The molecule has 1 fully saturated rings. The standard InChI is InChI=1S/C18H18N2O3S/c21-17(19-9-3-6-14(19)16-8-4-10-24-16)11-20-13-5-1-2-7-15(13)23-12-18(20)22/h1-2,4-5,7-8,10,14H,3,6,9,11-12H2/t14-/m1/s1. The number of ether oxygens (including phenoxy) is 1. The average molecular weight is 342 g/mol. The van der Waals surface area contributed by atoms with Crippen LogP contribution in [0, 0.1) is 0 Å². The number of para-hydroxylation sites is 2. The van der Waals surface area contributed by atoms with Crippen LogP contribution < -0.4 is 9.64 Å². The molecule has 0 unspecified atom stereocenters. The highest BCUT2D eigenvalue weighted by Gasteiger charge is 2.34. The number of nitrogens with zero attached hydrogens (tertiary/aromatic N) is 2. The third-order valence-electron chi connectivity index (χ3n) is 4.55. The van der Waals surface area contributed by atoms with Gasteiger partial charge in [-0.05, 0) is 36.4 Å². The van der Waals surface area contributed by atoms with Gasteiger partial charge in [-0.1, -0.05) is 18.2 Å². The van der Waals surface area contributed by atoms with Crippen LogP contribution in [-0.4, -0.2) is 36.4 Å². The van der Waals surface area contributed by atoms with Gasteiger partial charge in [0.2, 0.25) is 5.91 Å². The number of likely N-dealkylation sites (tertiary alicyclic amines) is 1. The molecule has 6 heteroatoms. The highest BCUT2D eigenvalue weighted by Crippen LogP contribution is 2.36. The van der Waals surface area contributed by atoms with E-state index in [1.165, 1.54) is 4.88 Å². The van der Waals surface area contributed by atoms with Gasteiger partial charge >= 0.3 is 0 Å². The Kier molecular flexibility index (Phi) is 3.98. The molecule has 0 bridgehead atoms. The SMILES string of the molecule is O=C1COc2ccccc2N1CC(=O)N1CCC[C@@H]1c1cccs1. The molecule has 0 saturated carbocycles. The van der Waals surface area contributed by atoms with Gasteiger partial charge in [0.05, 0.1) is 11.7 Å². The Morgan fingerprint density at radius 2 is 2.12 bits per heavy atom. The van der Waals surface area contributed by atoms with E-state index in [4.69, 9.17) is 4.74 Å². The fourth-order valence-corrected chi connectivity index (χ4v) is 4.27. The highest BCUT2D eigenvalue weighted by molar-refractivity contribution is 7.10. The number of amides is 2. The van der Waals surface area contributed by atoms with E-state index in [0.29, 0.717) is 11.4 Å². The van der Waals surface area contributed by atoms with Gasteiger partial charge in [-0.25, -0.2) is 0 Å². The quantitative estimate of drug-likeness (QED) is 0.862. The molecule has 24 heavy (non-hydrogen) atoms. The maximum absolute atomic E-state index is 12.9. The largest absolute Gasteiger partial charge is 0.482 e. The molecule has 0 N–H and O–H groups in total. The van der Waals surface area contributed by atoms with Crippen molar-refractivity contribution >= 4 is 28.8 Å². The van der Waals surface area contributed by atoms with Crippen molar-refractivity contribution in [3.63, 3.8) is 0 Å². The fraction of sp³-hybridized carbons (Fsp3) is 0.333. The van der Waals surface area contributed by atoms with Gasteiger partial charge in [-0.15, -0.1) is 11.3 Å². The summed E-state index contributed by atoms with van der Waals surface area (Å²) in [6, 6.07) is 11.6. The molecule has 1 saturated heterocycles. The van der Waals surface area contributed by atoms with Crippen LogP contribution in [0.25, 0.3) is 0 Å². The Hall–Kier alpha value is -2.34. The minimum absolute atomic E-state index is 0.00375. The van der Waals surface area contributed by atoms with Gasteiger partial charge in [-0.3, -0.25) is 14.5 Å². The summed E-state index contributed by atoms with van der Waals surface area (Å²) in [5.41, 5.74) is 0.675. The van der Waals surface area contributed by atoms with Crippen LogP contribution in [0.4, 0.5) is 5.69 Å². The number of benzene rings is 1. The summed E-state index contributed by atoms with van der Waals surface area (Å²) in [6.07, 6.45) is 1.99. The van der Waals surface area contributed by atoms with Gasteiger partial charge in [0.25, 0.3) is 5.91 Å². The zero-order valence-electron chi connectivity index (χ0n) is 13.2. The van der Waals surface area contributed by atoms with Crippen LogP contribution in [0.15, 0.2) is 41.8 Å². The Bertz CT molecular complexity index is 759. The molecular weight excluding hydrogens is 324 g/mol. The first-order valence-electron chi connectivity index (χ1n) is 8.09. The van der Waals surface area contributed by atoms with Gasteiger partial charge in [-0.2, -0.15) is 0 Å². The van der Waals surface area contributed by atoms with Crippen molar-refractivity contribution in [3.8, 4) is 5.75 Å². The van der Waals surface area contributed by atoms with Gasteiger partial charge in [0.1, 0.15) is 12.3 Å². The molecular formula is C18H18N2O3S. The molecule has 1 aromatic heterocycles. The molecule has 0 radical (unpaired) electrons. The van der Waals surface area contributed by atoms with E-state index in [1.54, 1.807) is 16.2 Å². The molecule has 0 spiro atoms. The number of thiophene rings is 1. The van der Waals surface area contributed by atoms with E-state index < -0.39 is 0 Å². The van der Waals surface area contributed by atoms with Crippen LogP contribution in [0.5, 0.6) is 5.75 Å². The normalized spacial score (nSPS) is 20.0. The lowest BCUT2D eigenvalue weighted by atomic mass is 10.2. The molecule has 0 aliphatic carbocycles. The summed E-state index contributed by atoms with van der Waals surface area (Å²) in [7, 11) is 0. The number of rotatable bonds is 3. The van der Waals surface area contributed by atoms with Gasteiger partial charge in [0.15, 0.2) is 6.61 Å². The van der Waals surface area contributed by atoms with Gasteiger partial charge in [0, 0.05) is 11.4 Å². The molecule has 2 aromatic rings. The summed E-state index contributed by atoms with van der Waals surface area (Å²) in [4.78, 5) is 29.8. The van der Waals surface area contributed by atoms with Crippen LogP contribution >= 0.6 is 11.3 Å². The van der Waals surface area contributed by atoms with E-state index in [1.807, 2.05) is 40.6 Å². The maximum Gasteiger partial charge on any atom is 0.265 e. The third kappa shape index (κ3) is 2.67. The van der Waals surface area contributed by atoms with Crippen LogP contribution in [0.2, 0.25) is 0 Å². The number of hydrogen-bond donors (Lipinski definition) is 0. The molecule has 3 heterocycles. The van der Waals surface area contributed by atoms with E-state index in [9.17, 15) is 9.59 Å². The first kappa shape index (κ1) is 15.2. The number of anilines is 1. The maximum atomic E-state index is 12.9. The van der Waals surface area contributed by atoms with Crippen molar-refractivity contribution < 1.29 is 14.3 Å². The summed E-state index contributed by atoms with van der Waals surface area (Å²) < 4.78 is 5.44.